The van der Waals surface area contributed by atoms with E-state index in [0.29, 0.717) is 0 Å². The lowest BCUT2D eigenvalue weighted by atomic mass is 9.96. The molecule has 0 saturated heterocycles. The van der Waals surface area contributed by atoms with E-state index in [1.807, 2.05) is 12.1 Å². The average Bonchev–Trinajstić information content (AvgIpc) is 2.76. The Morgan fingerprint density at radius 3 is 1.21 bits per heavy atom. The molecule has 0 aliphatic rings. The van der Waals surface area contributed by atoms with Crippen molar-refractivity contribution in [1.82, 2.24) is 0 Å². The normalized spacial score (nSPS) is 13.0. The molecule has 0 spiro atoms. The molecule has 0 aliphatic heterocycles. The fourth-order valence-electron chi connectivity index (χ4n) is 3.76. The first-order valence-electron chi connectivity index (χ1n) is 10.1. The number of aryl methyl sites for hydroxylation is 2. The van der Waals surface area contributed by atoms with Crippen LogP contribution in [0.5, 0.6) is 0 Å². The van der Waals surface area contributed by atoms with Crippen LogP contribution in [0.15, 0.2) is 109 Å². The first kappa shape index (κ1) is 19.2. The zero-order chi connectivity index (χ0) is 20.1. The van der Waals surface area contributed by atoms with Crippen LogP contribution in [0.4, 0.5) is 0 Å². The summed E-state index contributed by atoms with van der Waals surface area (Å²) in [5.41, 5.74) is 7.13. The van der Waals surface area contributed by atoms with Crippen molar-refractivity contribution < 1.29 is 4.74 Å². The summed E-state index contributed by atoms with van der Waals surface area (Å²) in [5, 5.41) is 0. The Hall–Kier alpha value is -3.16. The molecule has 0 aliphatic carbocycles. The molecule has 2 atom stereocenters. The van der Waals surface area contributed by atoms with E-state index < -0.39 is 0 Å². The van der Waals surface area contributed by atoms with Crippen molar-refractivity contribution in [3.8, 4) is 0 Å². The summed E-state index contributed by atoms with van der Waals surface area (Å²) in [5.74, 6) is 0. The fourth-order valence-corrected chi connectivity index (χ4v) is 3.76. The van der Waals surface area contributed by atoms with Gasteiger partial charge in [0.1, 0.15) is 12.2 Å². The lowest BCUT2D eigenvalue weighted by Crippen LogP contribution is -2.13. The van der Waals surface area contributed by atoms with Gasteiger partial charge in [-0.3, -0.25) is 0 Å². The van der Waals surface area contributed by atoms with E-state index in [-0.39, 0.29) is 12.2 Å². The Morgan fingerprint density at radius 1 is 0.448 bits per heavy atom. The zero-order valence-electron chi connectivity index (χ0n) is 17.0. The molecular formula is C28H26O. The van der Waals surface area contributed by atoms with Gasteiger partial charge in [0.25, 0.3) is 0 Å². The first-order valence-corrected chi connectivity index (χ1v) is 10.1. The molecule has 0 amide bonds. The molecule has 0 N–H and O–H groups in total. The van der Waals surface area contributed by atoms with Crippen LogP contribution in [0.2, 0.25) is 0 Å². The number of ether oxygens (including phenoxy) is 1. The molecule has 1 heteroatoms. The molecule has 0 fully saturated rings. The van der Waals surface area contributed by atoms with Crippen molar-refractivity contribution >= 4 is 0 Å². The monoisotopic (exact) mass is 378 g/mol. The standard InChI is InChI=1S/C28H26O/c1-21-11-9-17-25(19-21)27(23-13-5-3-6-14-23)29-28(24-15-7-4-8-16-24)26-18-10-12-22(2)20-26/h3-20,27-28H,1-2H3. The minimum atomic E-state index is -0.151. The minimum Gasteiger partial charge on any atom is -0.356 e. The second-order valence-corrected chi connectivity index (χ2v) is 7.55. The molecule has 4 aromatic rings. The summed E-state index contributed by atoms with van der Waals surface area (Å²) in [4.78, 5) is 0. The average molecular weight is 379 g/mol. The van der Waals surface area contributed by atoms with Crippen molar-refractivity contribution in [2.24, 2.45) is 0 Å². The molecule has 0 heterocycles. The SMILES string of the molecule is Cc1cccc(C(OC(c2ccccc2)c2cccc(C)c2)c2ccccc2)c1. The third-order valence-corrected chi connectivity index (χ3v) is 5.17. The van der Waals surface area contributed by atoms with Gasteiger partial charge in [-0.05, 0) is 36.1 Å². The van der Waals surface area contributed by atoms with E-state index in [1.54, 1.807) is 0 Å². The Labute approximate surface area is 173 Å². The molecule has 2 unspecified atom stereocenters. The van der Waals surface area contributed by atoms with Crippen molar-refractivity contribution in [3.05, 3.63) is 143 Å². The molecule has 0 aromatic heterocycles. The zero-order valence-corrected chi connectivity index (χ0v) is 17.0. The van der Waals surface area contributed by atoms with Crippen molar-refractivity contribution in [1.29, 1.82) is 0 Å². The van der Waals surface area contributed by atoms with Crippen LogP contribution in [-0.2, 0) is 4.74 Å². The van der Waals surface area contributed by atoms with Crippen LogP contribution in [-0.4, -0.2) is 0 Å². The fraction of sp³-hybridized carbons (Fsp3) is 0.143. The maximum atomic E-state index is 6.90. The Kier molecular flexibility index (Phi) is 5.88. The third-order valence-electron chi connectivity index (χ3n) is 5.17. The van der Waals surface area contributed by atoms with Gasteiger partial charge >= 0.3 is 0 Å². The van der Waals surface area contributed by atoms with Gasteiger partial charge in [-0.25, -0.2) is 0 Å². The Morgan fingerprint density at radius 2 is 0.828 bits per heavy atom. The lowest BCUT2D eigenvalue weighted by molar-refractivity contribution is 0.0308. The van der Waals surface area contributed by atoms with Crippen molar-refractivity contribution in [3.63, 3.8) is 0 Å². The van der Waals surface area contributed by atoms with Gasteiger partial charge in [0.15, 0.2) is 0 Å². The molecular weight excluding hydrogens is 352 g/mol. The van der Waals surface area contributed by atoms with Gasteiger partial charge in [0.2, 0.25) is 0 Å². The van der Waals surface area contributed by atoms with Crippen molar-refractivity contribution in [2.75, 3.05) is 0 Å². The molecule has 1 nitrogen and oxygen atoms in total. The lowest BCUT2D eigenvalue weighted by Gasteiger charge is -2.27. The highest BCUT2D eigenvalue weighted by atomic mass is 16.5. The predicted octanol–water partition coefficient (Wildman–Crippen LogP) is 7.20. The highest BCUT2D eigenvalue weighted by molar-refractivity contribution is 5.36. The summed E-state index contributed by atoms with van der Waals surface area (Å²) in [7, 11) is 0. The summed E-state index contributed by atoms with van der Waals surface area (Å²) in [6.07, 6.45) is -0.302. The van der Waals surface area contributed by atoms with E-state index in [1.165, 1.54) is 22.3 Å². The first-order chi connectivity index (χ1) is 14.2. The van der Waals surface area contributed by atoms with Gasteiger partial charge in [0.05, 0.1) is 0 Å². The van der Waals surface area contributed by atoms with Gasteiger partial charge < -0.3 is 4.74 Å². The Balaban J connectivity index is 1.80. The van der Waals surface area contributed by atoms with E-state index >= 15 is 0 Å². The number of rotatable bonds is 6. The van der Waals surface area contributed by atoms with Crippen LogP contribution >= 0.6 is 0 Å². The third kappa shape index (κ3) is 4.64. The van der Waals surface area contributed by atoms with Crippen molar-refractivity contribution in [2.45, 2.75) is 26.1 Å². The molecule has 4 rings (SSSR count). The molecule has 4 aromatic carbocycles. The quantitative estimate of drug-likeness (QED) is 0.345. The molecule has 29 heavy (non-hydrogen) atoms. The van der Waals surface area contributed by atoms with E-state index in [2.05, 4.69) is 111 Å². The second-order valence-electron chi connectivity index (χ2n) is 7.55. The molecule has 0 saturated carbocycles. The largest absolute Gasteiger partial charge is 0.356 e. The summed E-state index contributed by atoms with van der Waals surface area (Å²) >= 11 is 0. The highest BCUT2D eigenvalue weighted by Gasteiger charge is 2.23. The second kappa shape index (κ2) is 8.89. The number of hydrogen-bond acceptors (Lipinski definition) is 1. The van der Waals surface area contributed by atoms with E-state index in [0.717, 1.165) is 11.1 Å². The molecule has 144 valence electrons. The minimum absolute atomic E-state index is 0.151. The van der Waals surface area contributed by atoms with Crippen LogP contribution in [0.25, 0.3) is 0 Å². The topological polar surface area (TPSA) is 9.23 Å². The van der Waals surface area contributed by atoms with Crippen LogP contribution in [0, 0.1) is 13.8 Å². The highest BCUT2D eigenvalue weighted by Crippen LogP contribution is 2.36. The summed E-state index contributed by atoms with van der Waals surface area (Å²) < 4.78 is 6.90. The van der Waals surface area contributed by atoms with Gasteiger partial charge in [-0.15, -0.1) is 0 Å². The number of hydrogen-bond donors (Lipinski definition) is 0. The number of benzene rings is 4. The molecule has 0 bridgehead atoms. The smallest absolute Gasteiger partial charge is 0.109 e. The van der Waals surface area contributed by atoms with Gasteiger partial charge in [-0.1, -0.05) is 120 Å². The van der Waals surface area contributed by atoms with E-state index in [9.17, 15) is 0 Å². The van der Waals surface area contributed by atoms with Gasteiger partial charge in [0, 0.05) is 0 Å². The van der Waals surface area contributed by atoms with Crippen LogP contribution in [0.3, 0.4) is 0 Å². The predicted molar refractivity (Wildman–Crippen MR) is 120 cm³/mol. The molecule has 0 radical (unpaired) electrons. The van der Waals surface area contributed by atoms with E-state index in [4.69, 9.17) is 4.74 Å². The van der Waals surface area contributed by atoms with Crippen LogP contribution < -0.4 is 0 Å². The maximum absolute atomic E-state index is 6.90. The summed E-state index contributed by atoms with van der Waals surface area (Å²) in [6, 6.07) is 38.2. The summed E-state index contributed by atoms with van der Waals surface area (Å²) in [6.45, 7) is 4.25. The van der Waals surface area contributed by atoms with Crippen LogP contribution in [0.1, 0.15) is 45.6 Å². The van der Waals surface area contributed by atoms with Gasteiger partial charge in [-0.2, -0.15) is 0 Å². The Bertz CT molecular complexity index is 967. The maximum Gasteiger partial charge on any atom is 0.109 e.